The molecule has 0 atom stereocenters. The zero-order valence-electron chi connectivity index (χ0n) is 17.3. The molecule has 0 unspecified atom stereocenters. The van der Waals surface area contributed by atoms with Gasteiger partial charge in [0.05, 0.1) is 5.71 Å². The van der Waals surface area contributed by atoms with E-state index in [2.05, 4.69) is 52.1 Å². The van der Waals surface area contributed by atoms with Gasteiger partial charge in [-0.3, -0.25) is 4.79 Å². The maximum atomic E-state index is 12.2. The third kappa shape index (κ3) is 4.97. The minimum atomic E-state index is -0.249. The fraction of sp³-hybridized carbons (Fsp3) is 0.391. The van der Waals surface area contributed by atoms with Gasteiger partial charge < -0.3 is 5.11 Å². The Labute approximate surface area is 162 Å². The Bertz CT molecular complexity index is 819. The van der Waals surface area contributed by atoms with E-state index in [0.29, 0.717) is 17.0 Å². The van der Waals surface area contributed by atoms with Gasteiger partial charge >= 0.3 is 0 Å². The quantitative estimate of drug-likeness (QED) is 0.583. The summed E-state index contributed by atoms with van der Waals surface area (Å²) in [6, 6.07) is 12.9. The second-order valence-electron chi connectivity index (χ2n) is 8.92. The van der Waals surface area contributed by atoms with Crippen LogP contribution in [-0.2, 0) is 10.8 Å². The van der Waals surface area contributed by atoms with Gasteiger partial charge in [-0.1, -0.05) is 59.7 Å². The standard InChI is InChI=1S/C23H30N2O2/c1-15(24-25-21(27)16-11-9-8-10-12-16)17-13-18(22(2,3)4)20(26)19(14-17)23(5,6)7/h8-14,26H,1-7H3,(H,25,27)/b24-15+. The lowest BCUT2D eigenvalue weighted by atomic mass is 9.78. The first-order valence-corrected chi connectivity index (χ1v) is 9.19. The van der Waals surface area contributed by atoms with Crippen molar-refractivity contribution in [2.45, 2.75) is 59.3 Å². The number of rotatable bonds is 3. The van der Waals surface area contributed by atoms with Gasteiger partial charge in [-0.2, -0.15) is 5.10 Å². The Morgan fingerprint density at radius 3 is 1.81 bits per heavy atom. The van der Waals surface area contributed by atoms with Gasteiger partial charge in [0.25, 0.3) is 5.91 Å². The van der Waals surface area contributed by atoms with E-state index < -0.39 is 0 Å². The molecule has 144 valence electrons. The largest absolute Gasteiger partial charge is 0.507 e. The molecule has 0 spiro atoms. The monoisotopic (exact) mass is 366 g/mol. The molecule has 1 amide bonds. The van der Waals surface area contributed by atoms with Gasteiger partial charge in [-0.15, -0.1) is 0 Å². The summed E-state index contributed by atoms with van der Waals surface area (Å²) in [5, 5.41) is 15.1. The highest BCUT2D eigenvalue weighted by Gasteiger charge is 2.27. The summed E-state index contributed by atoms with van der Waals surface area (Å²) in [5.41, 5.74) is 6.06. The van der Waals surface area contributed by atoms with Crippen LogP contribution in [0.15, 0.2) is 47.6 Å². The Morgan fingerprint density at radius 2 is 1.37 bits per heavy atom. The molecule has 0 bridgehead atoms. The molecular weight excluding hydrogens is 336 g/mol. The molecule has 4 heteroatoms. The van der Waals surface area contributed by atoms with Crippen LogP contribution in [-0.4, -0.2) is 16.7 Å². The van der Waals surface area contributed by atoms with Crippen LogP contribution in [0.5, 0.6) is 5.75 Å². The maximum Gasteiger partial charge on any atom is 0.271 e. The van der Waals surface area contributed by atoms with E-state index in [1.807, 2.05) is 37.3 Å². The predicted molar refractivity (Wildman–Crippen MR) is 112 cm³/mol. The van der Waals surface area contributed by atoms with Crippen molar-refractivity contribution < 1.29 is 9.90 Å². The minimum Gasteiger partial charge on any atom is -0.507 e. The molecule has 2 aromatic rings. The Morgan fingerprint density at radius 1 is 0.889 bits per heavy atom. The van der Waals surface area contributed by atoms with Crippen LogP contribution in [0.3, 0.4) is 0 Å². The van der Waals surface area contributed by atoms with Crippen LogP contribution >= 0.6 is 0 Å². The molecule has 2 N–H and O–H groups in total. The molecule has 2 rings (SSSR count). The number of carbonyl (C=O) groups excluding carboxylic acids is 1. The average molecular weight is 367 g/mol. The molecule has 0 aliphatic rings. The number of benzene rings is 2. The fourth-order valence-electron chi connectivity index (χ4n) is 2.84. The van der Waals surface area contributed by atoms with E-state index in [0.717, 1.165) is 16.7 Å². The maximum absolute atomic E-state index is 12.2. The van der Waals surface area contributed by atoms with Crippen molar-refractivity contribution in [3.05, 3.63) is 64.7 Å². The number of hydrogen-bond donors (Lipinski definition) is 2. The highest BCUT2D eigenvalue weighted by molar-refractivity contribution is 6.01. The first-order valence-electron chi connectivity index (χ1n) is 9.19. The third-order valence-corrected chi connectivity index (χ3v) is 4.50. The van der Waals surface area contributed by atoms with Gasteiger partial charge in [-0.05, 0) is 47.6 Å². The van der Waals surface area contributed by atoms with Crippen LogP contribution in [0.25, 0.3) is 0 Å². The average Bonchev–Trinajstić information content (AvgIpc) is 2.58. The first-order chi connectivity index (χ1) is 12.4. The van der Waals surface area contributed by atoms with Gasteiger partial charge in [-0.25, -0.2) is 5.43 Å². The highest BCUT2D eigenvalue weighted by Crippen LogP contribution is 2.39. The molecular formula is C23H30N2O2. The molecule has 0 fully saturated rings. The van der Waals surface area contributed by atoms with Crippen molar-refractivity contribution >= 4 is 11.6 Å². The Hall–Kier alpha value is -2.62. The van der Waals surface area contributed by atoms with Crippen molar-refractivity contribution in [2.75, 3.05) is 0 Å². The number of hydrazone groups is 1. The van der Waals surface area contributed by atoms with Gasteiger partial charge in [0.1, 0.15) is 5.75 Å². The molecule has 0 aliphatic carbocycles. The molecule has 0 saturated carbocycles. The third-order valence-electron chi connectivity index (χ3n) is 4.50. The van der Waals surface area contributed by atoms with Gasteiger partial charge in [0.15, 0.2) is 0 Å². The first kappa shape index (κ1) is 20.7. The van der Waals surface area contributed by atoms with Gasteiger partial charge in [0.2, 0.25) is 0 Å². The number of carbonyl (C=O) groups is 1. The van der Waals surface area contributed by atoms with Crippen molar-refractivity contribution in [2.24, 2.45) is 5.10 Å². The number of phenolic OH excluding ortho intramolecular Hbond substituents is 1. The van der Waals surface area contributed by atoms with Gasteiger partial charge in [0, 0.05) is 16.7 Å². The highest BCUT2D eigenvalue weighted by atomic mass is 16.3. The van der Waals surface area contributed by atoms with E-state index in [-0.39, 0.29) is 16.7 Å². The summed E-state index contributed by atoms with van der Waals surface area (Å²) >= 11 is 0. The van der Waals surface area contributed by atoms with Crippen LogP contribution in [0.2, 0.25) is 0 Å². The van der Waals surface area contributed by atoms with Crippen molar-refractivity contribution in [3.8, 4) is 5.75 Å². The molecule has 2 aromatic carbocycles. The second kappa shape index (κ2) is 7.55. The van der Waals surface area contributed by atoms with E-state index in [1.54, 1.807) is 12.1 Å². The van der Waals surface area contributed by atoms with Crippen molar-refractivity contribution in [3.63, 3.8) is 0 Å². The van der Waals surface area contributed by atoms with Crippen LogP contribution in [0, 0.1) is 0 Å². The normalized spacial score (nSPS) is 12.8. The zero-order chi connectivity index (χ0) is 20.4. The number of nitrogens with one attached hydrogen (secondary N) is 1. The molecule has 0 aliphatic heterocycles. The molecule has 4 nitrogen and oxygen atoms in total. The molecule has 0 radical (unpaired) electrons. The Balaban J connectivity index is 2.43. The van der Waals surface area contributed by atoms with Crippen LogP contribution in [0.1, 0.15) is 75.5 Å². The molecule has 27 heavy (non-hydrogen) atoms. The summed E-state index contributed by atoms with van der Waals surface area (Å²) < 4.78 is 0. The molecule has 0 heterocycles. The van der Waals surface area contributed by atoms with Crippen LogP contribution in [0.4, 0.5) is 0 Å². The number of phenols is 1. The minimum absolute atomic E-state index is 0.215. The lowest BCUT2D eigenvalue weighted by molar-refractivity contribution is 0.0955. The van der Waals surface area contributed by atoms with E-state index in [9.17, 15) is 9.90 Å². The topological polar surface area (TPSA) is 61.7 Å². The number of aromatic hydroxyl groups is 1. The summed E-state index contributed by atoms with van der Waals surface area (Å²) in [5.74, 6) is 0.0840. The van der Waals surface area contributed by atoms with E-state index in [1.165, 1.54) is 0 Å². The molecule has 0 saturated heterocycles. The summed E-state index contributed by atoms with van der Waals surface area (Å²) in [6.45, 7) is 14.3. The summed E-state index contributed by atoms with van der Waals surface area (Å²) in [7, 11) is 0. The summed E-state index contributed by atoms with van der Waals surface area (Å²) in [4.78, 5) is 12.2. The smallest absolute Gasteiger partial charge is 0.271 e. The van der Waals surface area contributed by atoms with Crippen molar-refractivity contribution in [1.82, 2.24) is 5.43 Å². The number of amides is 1. The van der Waals surface area contributed by atoms with Crippen molar-refractivity contribution in [1.29, 1.82) is 0 Å². The van der Waals surface area contributed by atoms with E-state index in [4.69, 9.17) is 0 Å². The van der Waals surface area contributed by atoms with E-state index >= 15 is 0 Å². The summed E-state index contributed by atoms with van der Waals surface area (Å²) in [6.07, 6.45) is 0. The Kier molecular flexibility index (Phi) is 5.79. The fourth-order valence-corrected chi connectivity index (χ4v) is 2.84. The lowest BCUT2D eigenvalue weighted by Crippen LogP contribution is -2.21. The second-order valence-corrected chi connectivity index (χ2v) is 8.92. The molecule has 0 aromatic heterocycles. The number of hydrogen-bond acceptors (Lipinski definition) is 3. The number of nitrogens with zero attached hydrogens (tertiary/aromatic N) is 1. The lowest BCUT2D eigenvalue weighted by Gasteiger charge is -2.28. The SMILES string of the molecule is C/C(=N\NC(=O)c1ccccc1)c1cc(C(C)(C)C)c(O)c(C(C)(C)C)c1. The van der Waals surface area contributed by atoms with Crippen LogP contribution < -0.4 is 5.43 Å². The zero-order valence-corrected chi connectivity index (χ0v) is 17.3. The predicted octanol–water partition coefficient (Wildman–Crippen LogP) is 5.14.